The van der Waals surface area contributed by atoms with Gasteiger partial charge in [-0.15, -0.1) is 0 Å². The van der Waals surface area contributed by atoms with Crippen molar-refractivity contribution in [1.29, 1.82) is 0 Å². The van der Waals surface area contributed by atoms with Crippen LogP contribution in [0.25, 0.3) is 0 Å². The van der Waals surface area contributed by atoms with E-state index in [2.05, 4.69) is 0 Å². The molecule has 0 aliphatic carbocycles. The van der Waals surface area contributed by atoms with E-state index in [4.69, 9.17) is 9.79 Å². The van der Waals surface area contributed by atoms with Crippen molar-refractivity contribution in [2.75, 3.05) is 6.16 Å². The minimum absolute atomic E-state index is 0.138. The van der Waals surface area contributed by atoms with Crippen LogP contribution in [-0.4, -0.2) is 15.9 Å². The molecule has 0 fully saturated rings. The highest BCUT2D eigenvalue weighted by molar-refractivity contribution is 7.51. The first-order valence-electron chi connectivity index (χ1n) is 2.76. The summed E-state index contributed by atoms with van der Waals surface area (Å²) in [6.07, 6.45) is 3.92. The van der Waals surface area contributed by atoms with Gasteiger partial charge in [0.05, 0.1) is 6.16 Å². The Labute approximate surface area is 54.6 Å². The van der Waals surface area contributed by atoms with Gasteiger partial charge in [-0.05, 0) is 6.42 Å². The first kappa shape index (κ1) is 8.89. The minimum atomic E-state index is -3.78. The molecular weight excluding hydrogens is 139 g/mol. The van der Waals surface area contributed by atoms with Crippen LogP contribution < -0.4 is 0 Å². The second kappa shape index (κ2) is 3.83. The first-order chi connectivity index (χ1) is 4.06. The van der Waals surface area contributed by atoms with Gasteiger partial charge < -0.3 is 9.79 Å². The summed E-state index contributed by atoms with van der Waals surface area (Å²) in [5.74, 6) is 0. The lowest BCUT2D eigenvalue weighted by molar-refractivity contribution is 0.377. The van der Waals surface area contributed by atoms with E-state index < -0.39 is 7.60 Å². The number of allylic oxidation sites excluding steroid dienone is 2. The molecular formula is C5H11O3P. The van der Waals surface area contributed by atoms with Crippen LogP contribution in [0.2, 0.25) is 0 Å². The molecule has 0 heterocycles. The Morgan fingerprint density at radius 3 is 2.33 bits per heavy atom. The highest BCUT2D eigenvalue weighted by Gasteiger charge is 2.07. The number of rotatable bonds is 3. The van der Waals surface area contributed by atoms with E-state index in [0.717, 1.165) is 6.42 Å². The van der Waals surface area contributed by atoms with Crippen LogP contribution in [0.4, 0.5) is 0 Å². The zero-order valence-electron chi connectivity index (χ0n) is 5.32. The van der Waals surface area contributed by atoms with Gasteiger partial charge in [0.2, 0.25) is 0 Å². The zero-order chi connectivity index (χ0) is 7.33. The maximum Gasteiger partial charge on any atom is 0.329 e. The molecule has 0 aliphatic rings. The molecule has 0 saturated heterocycles. The maximum atomic E-state index is 10.1. The van der Waals surface area contributed by atoms with E-state index in [1.807, 2.05) is 6.92 Å². The number of hydrogen-bond acceptors (Lipinski definition) is 1. The van der Waals surface area contributed by atoms with E-state index in [1.165, 1.54) is 6.08 Å². The Kier molecular flexibility index (Phi) is 3.78. The molecule has 0 aromatic carbocycles. The fourth-order valence-corrected chi connectivity index (χ4v) is 0.802. The van der Waals surface area contributed by atoms with Crippen LogP contribution >= 0.6 is 7.60 Å². The summed E-state index contributed by atoms with van der Waals surface area (Å²) < 4.78 is 10.1. The van der Waals surface area contributed by atoms with E-state index in [-0.39, 0.29) is 6.16 Å². The van der Waals surface area contributed by atoms with E-state index >= 15 is 0 Å². The third-order valence-corrected chi connectivity index (χ3v) is 1.43. The minimum Gasteiger partial charge on any atom is -0.324 e. The summed E-state index contributed by atoms with van der Waals surface area (Å²) in [6, 6.07) is 0. The van der Waals surface area contributed by atoms with Crippen molar-refractivity contribution < 1.29 is 14.4 Å². The summed E-state index contributed by atoms with van der Waals surface area (Å²) >= 11 is 0. The van der Waals surface area contributed by atoms with Crippen LogP contribution in [0.5, 0.6) is 0 Å². The topological polar surface area (TPSA) is 57.5 Å². The van der Waals surface area contributed by atoms with Gasteiger partial charge in [-0.1, -0.05) is 19.1 Å². The lowest BCUT2D eigenvalue weighted by Crippen LogP contribution is -1.80. The molecule has 3 nitrogen and oxygen atoms in total. The predicted molar refractivity (Wildman–Crippen MR) is 36.3 cm³/mol. The van der Waals surface area contributed by atoms with Gasteiger partial charge in [-0.25, -0.2) is 0 Å². The van der Waals surface area contributed by atoms with Gasteiger partial charge in [0, 0.05) is 0 Å². The largest absolute Gasteiger partial charge is 0.329 e. The third-order valence-electron chi connectivity index (χ3n) is 0.746. The Bertz CT molecular complexity index is 135. The van der Waals surface area contributed by atoms with Crippen molar-refractivity contribution in [1.82, 2.24) is 0 Å². The molecule has 0 atom stereocenters. The molecule has 0 saturated carbocycles. The summed E-state index contributed by atoms with van der Waals surface area (Å²) in [5, 5.41) is 0. The molecule has 0 unspecified atom stereocenters. The summed E-state index contributed by atoms with van der Waals surface area (Å²) in [7, 11) is -3.78. The van der Waals surface area contributed by atoms with Crippen LogP contribution in [0, 0.1) is 0 Å². The summed E-state index contributed by atoms with van der Waals surface area (Å²) in [4.78, 5) is 16.6. The van der Waals surface area contributed by atoms with Gasteiger partial charge in [-0.3, -0.25) is 4.57 Å². The van der Waals surface area contributed by atoms with Crippen molar-refractivity contribution in [3.63, 3.8) is 0 Å². The molecule has 0 aromatic rings. The standard InChI is InChI=1S/C5H11O3P/c1-2-3-4-5-9(6,7)8/h3-4H,2,5H2,1H3,(H2,6,7,8)/b4-3+. The monoisotopic (exact) mass is 150 g/mol. The van der Waals surface area contributed by atoms with Gasteiger partial charge in [0.15, 0.2) is 0 Å². The zero-order valence-corrected chi connectivity index (χ0v) is 6.21. The van der Waals surface area contributed by atoms with Crippen molar-refractivity contribution >= 4 is 7.60 Å². The smallest absolute Gasteiger partial charge is 0.324 e. The number of hydrogen-bond donors (Lipinski definition) is 2. The van der Waals surface area contributed by atoms with Crippen LogP contribution in [0.1, 0.15) is 13.3 Å². The average molecular weight is 150 g/mol. The second-order valence-corrected chi connectivity index (χ2v) is 3.42. The highest BCUT2D eigenvalue weighted by atomic mass is 31.2. The molecule has 2 N–H and O–H groups in total. The molecule has 0 radical (unpaired) electrons. The fraction of sp³-hybridized carbons (Fsp3) is 0.600. The Morgan fingerprint density at radius 1 is 1.44 bits per heavy atom. The summed E-state index contributed by atoms with van der Waals surface area (Å²) in [6.45, 7) is 1.91. The molecule has 0 aromatic heterocycles. The molecule has 0 bridgehead atoms. The maximum absolute atomic E-state index is 10.1. The molecule has 0 rings (SSSR count). The second-order valence-electron chi connectivity index (χ2n) is 1.73. The highest BCUT2D eigenvalue weighted by Crippen LogP contribution is 2.33. The Hall–Kier alpha value is -0.110. The Morgan fingerprint density at radius 2 is 2.00 bits per heavy atom. The van der Waals surface area contributed by atoms with Crippen LogP contribution in [0.15, 0.2) is 12.2 Å². The van der Waals surface area contributed by atoms with E-state index in [0.29, 0.717) is 0 Å². The lowest BCUT2D eigenvalue weighted by atomic mass is 10.4. The van der Waals surface area contributed by atoms with Gasteiger partial charge >= 0.3 is 7.60 Å². The van der Waals surface area contributed by atoms with Crippen molar-refractivity contribution in [3.8, 4) is 0 Å². The van der Waals surface area contributed by atoms with Crippen molar-refractivity contribution in [2.24, 2.45) is 0 Å². The third kappa shape index (κ3) is 7.89. The van der Waals surface area contributed by atoms with Gasteiger partial charge in [0.1, 0.15) is 0 Å². The first-order valence-corrected chi connectivity index (χ1v) is 4.55. The molecule has 54 valence electrons. The van der Waals surface area contributed by atoms with Gasteiger partial charge in [0.25, 0.3) is 0 Å². The molecule has 0 spiro atoms. The predicted octanol–water partition coefficient (Wildman–Crippen LogP) is 1.13. The molecule has 4 heteroatoms. The SMILES string of the molecule is CC/C=C/CP(=O)(O)O. The normalized spacial score (nSPS) is 12.8. The fourth-order valence-electron chi connectivity index (χ4n) is 0.379. The van der Waals surface area contributed by atoms with Crippen molar-refractivity contribution in [2.45, 2.75) is 13.3 Å². The van der Waals surface area contributed by atoms with Crippen molar-refractivity contribution in [3.05, 3.63) is 12.2 Å². The molecule has 0 amide bonds. The average Bonchev–Trinajstić information content (AvgIpc) is 1.63. The van der Waals surface area contributed by atoms with Gasteiger partial charge in [-0.2, -0.15) is 0 Å². The molecule has 9 heavy (non-hydrogen) atoms. The quantitative estimate of drug-likeness (QED) is 0.468. The Balaban J connectivity index is 3.51. The van der Waals surface area contributed by atoms with E-state index in [1.54, 1.807) is 6.08 Å². The van der Waals surface area contributed by atoms with Crippen LogP contribution in [-0.2, 0) is 4.57 Å². The lowest BCUT2D eigenvalue weighted by Gasteiger charge is -1.95. The van der Waals surface area contributed by atoms with Crippen LogP contribution in [0.3, 0.4) is 0 Å². The molecule has 0 aliphatic heterocycles. The summed E-state index contributed by atoms with van der Waals surface area (Å²) in [5.41, 5.74) is 0. The van der Waals surface area contributed by atoms with E-state index in [9.17, 15) is 4.57 Å².